The Morgan fingerprint density at radius 3 is 2.67 bits per heavy atom. The van der Waals surface area contributed by atoms with E-state index < -0.39 is 11.7 Å². The molecule has 1 heterocycles. The van der Waals surface area contributed by atoms with Crippen LogP contribution < -0.4 is 5.32 Å². The maximum Gasteiger partial charge on any atom is 0.416 e. The summed E-state index contributed by atoms with van der Waals surface area (Å²) in [4.78, 5) is 12.0. The number of fused-ring (bicyclic) bond motifs is 1. The Morgan fingerprint density at radius 2 is 1.93 bits per heavy atom. The van der Waals surface area contributed by atoms with Gasteiger partial charge in [0.05, 0.1) is 16.6 Å². The lowest BCUT2D eigenvalue weighted by molar-refractivity contribution is -0.137. The molecule has 0 aliphatic rings. The van der Waals surface area contributed by atoms with Crippen molar-refractivity contribution in [3.05, 3.63) is 59.3 Å². The van der Waals surface area contributed by atoms with Gasteiger partial charge in [-0.2, -0.15) is 18.3 Å². The molecule has 1 aromatic heterocycles. The number of aromatic amines is 1. The summed E-state index contributed by atoms with van der Waals surface area (Å²) in [5.41, 5.74) is 0.637. The van der Waals surface area contributed by atoms with Crippen LogP contribution in [0.15, 0.2) is 42.5 Å². The fourth-order valence-electron chi connectivity index (χ4n) is 2.82. The summed E-state index contributed by atoms with van der Waals surface area (Å²) in [5, 5.41) is 19.6. The van der Waals surface area contributed by atoms with E-state index in [1.54, 1.807) is 12.1 Å². The number of rotatable bonds is 6. The van der Waals surface area contributed by atoms with Crippen molar-refractivity contribution in [1.82, 2.24) is 15.5 Å². The summed E-state index contributed by atoms with van der Waals surface area (Å²) >= 11 is 0. The number of nitrogens with one attached hydrogen (secondary N) is 2. The summed E-state index contributed by atoms with van der Waals surface area (Å²) in [6.07, 6.45) is -2.58. The minimum Gasteiger partial charge on any atom is -0.507 e. The molecule has 0 unspecified atom stereocenters. The number of unbranched alkanes of at least 4 members (excludes halogenated alkanes) is 1. The number of H-pyrrole nitrogens is 1. The van der Waals surface area contributed by atoms with Crippen molar-refractivity contribution in [3.63, 3.8) is 0 Å². The first-order valence-electron chi connectivity index (χ1n) is 8.46. The molecule has 142 valence electrons. The normalized spacial score (nSPS) is 11.7. The van der Waals surface area contributed by atoms with Crippen LogP contribution in [-0.4, -0.2) is 27.8 Å². The van der Waals surface area contributed by atoms with Crippen LogP contribution in [0.2, 0.25) is 0 Å². The number of aryl methyl sites for hydroxylation is 1. The van der Waals surface area contributed by atoms with Gasteiger partial charge in [-0.25, -0.2) is 0 Å². The number of carbonyl (C=O) groups excluding carboxylic acids is 1. The Hall–Kier alpha value is -3.03. The van der Waals surface area contributed by atoms with E-state index in [9.17, 15) is 23.1 Å². The smallest absolute Gasteiger partial charge is 0.416 e. The van der Waals surface area contributed by atoms with Gasteiger partial charge in [-0.1, -0.05) is 12.1 Å². The van der Waals surface area contributed by atoms with Gasteiger partial charge in [-0.15, -0.1) is 0 Å². The van der Waals surface area contributed by atoms with Crippen LogP contribution >= 0.6 is 0 Å². The minimum absolute atomic E-state index is 0.0839. The molecule has 8 heteroatoms. The second kappa shape index (κ2) is 7.69. The molecule has 3 rings (SSSR count). The fourth-order valence-corrected chi connectivity index (χ4v) is 2.82. The molecular formula is C19H18F3N3O2. The number of phenolic OH excluding ortho intramolecular Hbond substituents is 1. The summed E-state index contributed by atoms with van der Waals surface area (Å²) in [6, 6.07) is 9.73. The lowest BCUT2D eigenvalue weighted by atomic mass is 10.1. The predicted molar refractivity (Wildman–Crippen MR) is 94.5 cm³/mol. The number of amides is 1. The number of halogens is 3. The van der Waals surface area contributed by atoms with Crippen molar-refractivity contribution in [2.24, 2.45) is 0 Å². The van der Waals surface area contributed by atoms with Crippen LogP contribution in [0.4, 0.5) is 13.2 Å². The Bertz CT molecular complexity index is 951. The van der Waals surface area contributed by atoms with Crippen LogP contribution in [0.1, 0.15) is 34.5 Å². The third-order valence-electron chi connectivity index (χ3n) is 4.25. The van der Waals surface area contributed by atoms with E-state index in [0.29, 0.717) is 42.4 Å². The largest absolute Gasteiger partial charge is 0.507 e. The first kappa shape index (κ1) is 18.8. The molecule has 3 aromatic rings. The number of hydrogen-bond donors (Lipinski definition) is 3. The molecule has 2 aromatic carbocycles. The standard InChI is InChI=1S/C19H18F3N3O2/c20-19(21,22)12-8-9-16-14(11-12)15(24-25-16)6-3-4-10-23-18(27)13-5-1-2-7-17(13)26/h1-2,5,7-9,11,26H,3-4,6,10H2,(H,23,27)(H,24,25). The zero-order valence-corrected chi connectivity index (χ0v) is 14.3. The summed E-state index contributed by atoms with van der Waals surface area (Å²) in [7, 11) is 0. The summed E-state index contributed by atoms with van der Waals surface area (Å²) in [6.45, 7) is 0.396. The Kier molecular flexibility index (Phi) is 5.34. The number of aromatic nitrogens is 2. The maximum absolute atomic E-state index is 12.9. The third-order valence-corrected chi connectivity index (χ3v) is 4.25. The minimum atomic E-state index is -4.39. The van der Waals surface area contributed by atoms with Gasteiger partial charge < -0.3 is 10.4 Å². The van der Waals surface area contributed by atoms with Gasteiger partial charge >= 0.3 is 6.18 Å². The number of carbonyl (C=O) groups is 1. The molecule has 0 radical (unpaired) electrons. The molecular weight excluding hydrogens is 359 g/mol. The Balaban J connectivity index is 1.53. The monoisotopic (exact) mass is 377 g/mol. The average Bonchev–Trinajstić information content (AvgIpc) is 3.03. The fraction of sp³-hybridized carbons (Fsp3) is 0.263. The second-order valence-electron chi connectivity index (χ2n) is 6.16. The van der Waals surface area contributed by atoms with Gasteiger partial charge in [0.15, 0.2) is 0 Å². The number of aromatic hydroxyl groups is 1. The lowest BCUT2D eigenvalue weighted by Crippen LogP contribution is -2.24. The van der Waals surface area contributed by atoms with Crippen molar-refractivity contribution in [2.75, 3.05) is 6.54 Å². The zero-order valence-electron chi connectivity index (χ0n) is 14.3. The molecule has 0 fully saturated rings. The van der Waals surface area contributed by atoms with Crippen LogP contribution in [0, 0.1) is 0 Å². The van der Waals surface area contributed by atoms with Gasteiger partial charge in [-0.3, -0.25) is 9.89 Å². The number of alkyl halides is 3. The molecule has 3 N–H and O–H groups in total. The first-order chi connectivity index (χ1) is 12.9. The number of phenols is 1. The third kappa shape index (κ3) is 4.39. The highest BCUT2D eigenvalue weighted by molar-refractivity contribution is 5.96. The van der Waals surface area contributed by atoms with E-state index in [1.807, 2.05) is 0 Å². The van der Waals surface area contributed by atoms with E-state index in [0.717, 1.165) is 12.1 Å². The highest BCUT2D eigenvalue weighted by atomic mass is 19.4. The molecule has 27 heavy (non-hydrogen) atoms. The summed E-state index contributed by atoms with van der Waals surface area (Å²) in [5.74, 6) is -0.450. The van der Waals surface area contributed by atoms with Gasteiger partial charge in [0.25, 0.3) is 5.91 Å². The van der Waals surface area contributed by atoms with Crippen LogP contribution in [-0.2, 0) is 12.6 Å². The lowest BCUT2D eigenvalue weighted by Gasteiger charge is -2.07. The van der Waals surface area contributed by atoms with E-state index in [1.165, 1.54) is 18.2 Å². The van der Waals surface area contributed by atoms with Gasteiger partial charge in [0, 0.05) is 17.6 Å². The van der Waals surface area contributed by atoms with Crippen LogP contribution in [0.5, 0.6) is 5.75 Å². The number of benzene rings is 2. The van der Waals surface area contributed by atoms with Crippen molar-refractivity contribution in [2.45, 2.75) is 25.4 Å². The highest BCUT2D eigenvalue weighted by Gasteiger charge is 2.30. The van der Waals surface area contributed by atoms with Crippen molar-refractivity contribution in [3.8, 4) is 5.75 Å². The average molecular weight is 377 g/mol. The quantitative estimate of drug-likeness (QED) is 0.568. The van der Waals surface area contributed by atoms with E-state index in [2.05, 4.69) is 15.5 Å². The predicted octanol–water partition coefficient (Wildman–Crippen LogP) is 4.04. The molecule has 5 nitrogen and oxygen atoms in total. The van der Waals surface area contributed by atoms with E-state index in [4.69, 9.17) is 0 Å². The van der Waals surface area contributed by atoms with Crippen molar-refractivity contribution >= 4 is 16.8 Å². The highest BCUT2D eigenvalue weighted by Crippen LogP contribution is 2.32. The second-order valence-corrected chi connectivity index (χ2v) is 6.16. The number of para-hydroxylation sites is 1. The molecule has 0 saturated carbocycles. The Morgan fingerprint density at radius 1 is 1.15 bits per heavy atom. The molecule has 0 saturated heterocycles. The van der Waals surface area contributed by atoms with Gasteiger partial charge in [-0.05, 0) is 49.6 Å². The molecule has 0 aliphatic carbocycles. The van der Waals surface area contributed by atoms with E-state index >= 15 is 0 Å². The van der Waals surface area contributed by atoms with Crippen LogP contribution in [0.25, 0.3) is 10.9 Å². The van der Waals surface area contributed by atoms with E-state index in [-0.39, 0.29) is 17.2 Å². The Labute approximate surface area is 153 Å². The first-order valence-corrected chi connectivity index (χ1v) is 8.46. The van der Waals surface area contributed by atoms with Crippen LogP contribution in [0.3, 0.4) is 0 Å². The maximum atomic E-state index is 12.9. The number of hydrogen-bond acceptors (Lipinski definition) is 3. The number of nitrogens with zero attached hydrogens (tertiary/aromatic N) is 1. The molecule has 0 aliphatic heterocycles. The SMILES string of the molecule is O=C(NCCCCc1[nH]nc2ccc(C(F)(F)F)cc12)c1ccccc1O. The van der Waals surface area contributed by atoms with Gasteiger partial charge in [0.1, 0.15) is 5.75 Å². The molecule has 1 amide bonds. The summed E-state index contributed by atoms with van der Waals surface area (Å²) < 4.78 is 38.6. The topological polar surface area (TPSA) is 78.0 Å². The van der Waals surface area contributed by atoms with Crippen molar-refractivity contribution < 1.29 is 23.1 Å². The zero-order chi connectivity index (χ0) is 19.4. The van der Waals surface area contributed by atoms with Gasteiger partial charge in [0.2, 0.25) is 0 Å². The molecule has 0 atom stereocenters. The van der Waals surface area contributed by atoms with Crippen molar-refractivity contribution in [1.29, 1.82) is 0 Å². The molecule has 0 bridgehead atoms. The molecule has 0 spiro atoms.